The Labute approximate surface area is 146 Å². The number of epoxide rings is 1. The van der Waals surface area contributed by atoms with Crippen molar-refractivity contribution in [3.8, 4) is 0 Å². The van der Waals surface area contributed by atoms with E-state index in [0.717, 1.165) is 6.61 Å². The maximum atomic E-state index is 5.44. The second-order valence-electron chi connectivity index (χ2n) is 7.50. The molecule has 1 saturated heterocycles. The molecule has 0 radical (unpaired) electrons. The third-order valence-electron chi connectivity index (χ3n) is 5.02. The van der Waals surface area contributed by atoms with Gasteiger partial charge in [-0.05, 0) is 25.9 Å². The average molecular weight is 326 g/mol. The maximum Gasteiger partial charge on any atom is 0.0936 e. The standard InChI is InChI=1S/C21H43NO/c1-3-5-7-9-11-13-15-17-22(19-21-20-23-21)18-16-14-12-10-8-6-4-2/h21H,3-20H2,1-2H3. The molecule has 2 heteroatoms. The smallest absolute Gasteiger partial charge is 0.0936 e. The highest BCUT2D eigenvalue weighted by Crippen LogP contribution is 2.14. The summed E-state index contributed by atoms with van der Waals surface area (Å²) in [4.78, 5) is 2.68. The Morgan fingerprint density at radius 3 is 1.43 bits per heavy atom. The number of hydrogen-bond acceptors (Lipinski definition) is 2. The summed E-state index contributed by atoms with van der Waals surface area (Å²) in [5.41, 5.74) is 0. The van der Waals surface area contributed by atoms with Crippen LogP contribution >= 0.6 is 0 Å². The van der Waals surface area contributed by atoms with Crippen molar-refractivity contribution in [2.45, 2.75) is 110 Å². The molecule has 1 heterocycles. The molecule has 0 saturated carbocycles. The summed E-state index contributed by atoms with van der Waals surface area (Å²) in [5, 5.41) is 0. The minimum Gasteiger partial charge on any atom is -0.372 e. The lowest BCUT2D eigenvalue weighted by Gasteiger charge is -2.21. The van der Waals surface area contributed by atoms with E-state index in [2.05, 4.69) is 18.7 Å². The number of rotatable bonds is 18. The minimum absolute atomic E-state index is 0.559. The molecule has 23 heavy (non-hydrogen) atoms. The Morgan fingerprint density at radius 1 is 0.652 bits per heavy atom. The first-order valence-corrected chi connectivity index (χ1v) is 10.7. The zero-order valence-corrected chi connectivity index (χ0v) is 16.2. The van der Waals surface area contributed by atoms with Crippen LogP contribution in [0.2, 0.25) is 0 Å². The molecule has 0 aromatic rings. The summed E-state index contributed by atoms with van der Waals surface area (Å²) in [6.07, 6.45) is 20.3. The lowest BCUT2D eigenvalue weighted by molar-refractivity contribution is 0.232. The first-order chi connectivity index (χ1) is 11.4. The molecule has 1 fully saturated rings. The molecule has 1 aliphatic heterocycles. The molecule has 0 amide bonds. The molecule has 0 aliphatic carbocycles. The van der Waals surface area contributed by atoms with Crippen molar-refractivity contribution in [3.05, 3.63) is 0 Å². The Morgan fingerprint density at radius 2 is 1.04 bits per heavy atom. The lowest BCUT2D eigenvalue weighted by atomic mass is 10.1. The van der Waals surface area contributed by atoms with Crippen molar-refractivity contribution in [2.75, 3.05) is 26.2 Å². The zero-order valence-electron chi connectivity index (χ0n) is 16.2. The van der Waals surface area contributed by atoms with Gasteiger partial charge in [0.2, 0.25) is 0 Å². The fraction of sp³-hybridized carbons (Fsp3) is 1.00. The fourth-order valence-electron chi connectivity index (χ4n) is 3.34. The zero-order chi connectivity index (χ0) is 16.6. The van der Waals surface area contributed by atoms with E-state index in [-0.39, 0.29) is 0 Å². The molecule has 138 valence electrons. The van der Waals surface area contributed by atoms with Gasteiger partial charge in [-0.3, -0.25) is 0 Å². The van der Waals surface area contributed by atoms with Gasteiger partial charge in [0, 0.05) is 6.54 Å². The van der Waals surface area contributed by atoms with Crippen LogP contribution in [-0.2, 0) is 4.74 Å². The van der Waals surface area contributed by atoms with Crippen LogP contribution in [0.25, 0.3) is 0 Å². The predicted molar refractivity (Wildman–Crippen MR) is 102 cm³/mol. The number of ether oxygens (including phenoxy) is 1. The Hall–Kier alpha value is -0.0800. The summed E-state index contributed by atoms with van der Waals surface area (Å²) in [7, 11) is 0. The quantitative estimate of drug-likeness (QED) is 0.221. The van der Waals surface area contributed by atoms with Gasteiger partial charge in [0.05, 0.1) is 12.7 Å². The minimum atomic E-state index is 0.559. The van der Waals surface area contributed by atoms with E-state index in [1.54, 1.807) is 0 Å². The van der Waals surface area contributed by atoms with Crippen molar-refractivity contribution in [1.82, 2.24) is 4.90 Å². The highest BCUT2D eigenvalue weighted by Gasteiger charge is 2.24. The molecule has 1 aliphatic rings. The fourth-order valence-corrected chi connectivity index (χ4v) is 3.34. The highest BCUT2D eigenvalue weighted by atomic mass is 16.6. The van der Waals surface area contributed by atoms with Gasteiger partial charge in [-0.1, -0.05) is 90.9 Å². The molecule has 1 rings (SSSR count). The summed E-state index contributed by atoms with van der Waals surface area (Å²) < 4.78 is 5.44. The van der Waals surface area contributed by atoms with E-state index in [1.807, 2.05) is 0 Å². The first-order valence-electron chi connectivity index (χ1n) is 10.7. The molecule has 0 N–H and O–H groups in total. The van der Waals surface area contributed by atoms with E-state index in [0.29, 0.717) is 6.10 Å². The predicted octanol–water partition coefficient (Wildman–Crippen LogP) is 6.19. The number of nitrogens with zero attached hydrogens (tertiary/aromatic N) is 1. The third kappa shape index (κ3) is 14.0. The van der Waals surface area contributed by atoms with Gasteiger partial charge in [-0.25, -0.2) is 0 Å². The largest absolute Gasteiger partial charge is 0.372 e. The van der Waals surface area contributed by atoms with Gasteiger partial charge in [-0.15, -0.1) is 0 Å². The average Bonchev–Trinajstić information content (AvgIpc) is 3.37. The van der Waals surface area contributed by atoms with E-state index in [9.17, 15) is 0 Å². The topological polar surface area (TPSA) is 15.8 Å². The van der Waals surface area contributed by atoms with E-state index in [1.165, 1.54) is 110 Å². The molecule has 0 spiro atoms. The summed E-state index contributed by atoms with van der Waals surface area (Å²) in [5.74, 6) is 0. The van der Waals surface area contributed by atoms with E-state index >= 15 is 0 Å². The first kappa shape index (κ1) is 21.0. The third-order valence-corrected chi connectivity index (χ3v) is 5.02. The van der Waals surface area contributed by atoms with Crippen molar-refractivity contribution in [2.24, 2.45) is 0 Å². The highest BCUT2D eigenvalue weighted by molar-refractivity contribution is 4.74. The summed E-state index contributed by atoms with van der Waals surface area (Å²) >= 11 is 0. The molecule has 0 aromatic heterocycles. The Balaban J connectivity index is 1.96. The lowest BCUT2D eigenvalue weighted by Crippen LogP contribution is -2.30. The summed E-state index contributed by atoms with van der Waals surface area (Å²) in [6, 6.07) is 0. The molecule has 1 atom stereocenters. The van der Waals surface area contributed by atoms with Crippen LogP contribution < -0.4 is 0 Å². The van der Waals surface area contributed by atoms with Gasteiger partial charge >= 0.3 is 0 Å². The summed E-state index contributed by atoms with van der Waals surface area (Å²) in [6.45, 7) is 9.37. The van der Waals surface area contributed by atoms with Crippen LogP contribution in [-0.4, -0.2) is 37.2 Å². The van der Waals surface area contributed by atoms with Crippen LogP contribution in [0, 0.1) is 0 Å². The van der Waals surface area contributed by atoms with Gasteiger partial charge in [-0.2, -0.15) is 0 Å². The molecule has 2 nitrogen and oxygen atoms in total. The number of hydrogen-bond donors (Lipinski definition) is 0. The van der Waals surface area contributed by atoms with Crippen LogP contribution in [0.3, 0.4) is 0 Å². The van der Waals surface area contributed by atoms with Crippen molar-refractivity contribution in [3.63, 3.8) is 0 Å². The van der Waals surface area contributed by atoms with Crippen LogP contribution in [0.15, 0.2) is 0 Å². The van der Waals surface area contributed by atoms with Gasteiger partial charge < -0.3 is 9.64 Å². The second kappa shape index (κ2) is 15.4. The SMILES string of the molecule is CCCCCCCCCN(CCCCCCCCC)CC1CO1. The van der Waals surface area contributed by atoms with E-state index in [4.69, 9.17) is 4.74 Å². The second-order valence-corrected chi connectivity index (χ2v) is 7.50. The molecular formula is C21H43NO. The maximum absolute atomic E-state index is 5.44. The Kier molecular flexibility index (Phi) is 14.1. The molecular weight excluding hydrogens is 282 g/mol. The Bertz CT molecular complexity index is 222. The molecule has 1 unspecified atom stereocenters. The van der Waals surface area contributed by atoms with Crippen molar-refractivity contribution >= 4 is 0 Å². The van der Waals surface area contributed by atoms with Gasteiger partial charge in [0.25, 0.3) is 0 Å². The van der Waals surface area contributed by atoms with Gasteiger partial charge in [0.1, 0.15) is 0 Å². The monoisotopic (exact) mass is 325 g/mol. The van der Waals surface area contributed by atoms with Crippen molar-refractivity contribution in [1.29, 1.82) is 0 Å². The van der Waals surface area contributed by atoms with Gasteiger partial charge in [0.15, 0.2) is 0 Å². The molecule has 0 bridgehead atoms. The normalized spacial score (nSPS) is 17.1. The van der Waals surface area contributed by atoms with Crippen molar-refractivity contribution < 1.29 is 4.74 Å². The number of unbranched alkanes of at least 4 members (excludes halogenated alkanes) is 12. The van der Waals surface area contributed by atoms with Crippen LogP contribution in [0.5, 0.6) is 0 Å². The van der Waals surface area contributed by atoms with Crippen LogP contribution in [0.4, 0.5) is 0 Å². The molecule has 0 aromatic carbocycles. The van der Waals surface area contributed by atoms with Crippen LogP contribution in [0.1, 0.15) is 104 Å². The van der Waals surface area contributed by atoms with E-state index < -0.39 is 0 Å².